The van der Waals surface area contributed by atoms with E-state index in [1.54, 1.807) is 0 Å². The van der Waals surface area contributed by atoms with Gasteiger partial charge in [-0.1, -0.05) is 30.3 Å². The van der Waals surface area contributed by atoms with Gasteiger partial charge in [-0.15, -0.1) is 10.2 Å². The van der Waals surface area contributed by atoms with Crippen LogP contribution in [0.1, 0.15) is 36.1 Å². The third-order valence-corrected chi connectivity index (χ3v) is 5.05. The van der Waals surface area contributed by atoms with E-state index >= 15 is 0 Å². The summed E-state index contributed by atoms with van der Waals surface area (Å²) in [5.41, 5.74) is 2.18. The van der Waals surface area contributed by atoms with E-state index in [-0.39, 0.29) is 0 Å². The van der Waals surface area contributed by atoms with Gasteiger partial charge in [0.15, 0.2) is 11.8 Å². The van der Waals surface area contributed by atoms with Gasteiger partial charge in [0.05, 0.1) is 13.1 Å². The van der Waals surface area contributed by atoms with Crippen molar-refractivity contribution in [1.82, 2.24) is 25.4 Å². The highest BCUT2D eigenvalue weighted by Gasteiger charge is 2.17. The molecule has 7 nitrogen and oxygen atoms in total. The summed E-state index contributed by atoms with van der Waals surface area (Å²) in [6.07, 6.45) is 2.16. The Kier molecular flexibility index (Phi) is 6.27. The summed E-state index contributed by atoms with van der Waals surface area (Å²) in [6, 6.07) is 16.0. The molecule has 1 aromatic heterocycles. The number of aryl methyl sites for hydroxylation is 2. The second-order valence-corrected chi connectivity index (χ2v) is 7.36. The van der Waals surface area contributed by atoms with E-state index in [4.69, 9.17) is 9.73 Å². The average molecular weight is 405 g/mol. The number of aliphatic imine (C=N–C) groups is 1. The number of hydrogen-bond acceptors (Lipinski definition) is 4. The number of aromatic nitrogens is 3. The van der Waals surface area contributed by atoms with Crippen LogP contribution in [0.3, 0.4) is 0 Å². The summed E-state index contributed by atoms with van der Waals surface area (Å²) < 4.78 is 8.32. The van der Waals surface area contributed by atoms with Gasteiger partial charge >= 0.3 is 0 Å². The Bertz CT molecular complexity index is 1010. The number of hydrogen-bond donors (Lipinski definition) is 2. The zero-order chi connectivity index (χ0) is 20.8. The van der Waals surface area contributed by atoms with Crippen molar-refractivity contribution in [3.05, 3.63) is 71.3 Å². The molecule has 0 saturated carbocycles. The molecule has 2 N–H and O–H groups in total. The Labute approximate surface area is 177 Å². The largest absolute Gasteiger partial charge is 0.457 e. The van der Waals surface area contributed by atoms with Crippen LogP contribution < -0.4 is 15.4 Å². The van der Waals surface area contributed by atoms with Crippen molar-refractivity contribution in [3.63, 3.8) is 0 Å². The van der Waals surface area contributed by atoms with Crippen molar-refractivity contribution in [3.8, 4) is 11.5 Å². The van der Waals surface area contributed by atoms with Crippen molar-refractivity contribution in [2.24, 2.45) is 4.99 Å². The molecule has 156 valence electrons. The fraction of sp³-hybridized carbons (Fsp3) is 0.348. The van der Waals surface area contributed by atoms with Crippen molar-refractivity contribution < 1.29 is 4.74 Å². The zero-order valence-electron chi connectivity index (χ0n) is 17.6. The lowest BCUT2D eigenvalue weighted by Gasteiger charge is -2.13. The average Bonchev–Trinajstić information content (AvgIpc) is 3.36. The highest BCUT2D eigenvalue weighted by Crippen LogP contribution is 2.27. The minimum Gasteiger partial charge on any atom is -0.457 e. The van der Waals surface area contributed by atoms with E-state index in [2.05, 4.69) is 57.4 Å². The summed E-state index contributed by atoms with van der Waals surface area (Å²) >= 11 is 0. The summed E-state index contributed by atoms with van der Waals surface area (Å²) in [4.78, 5) is 4.77. The SMILES string of the molecule is CCNC(=NCc1ccc(C)cc1Oc1ccccc1)NCc1nnc2n1CCC2. The maximum Gasteiger partial charge on any atom is 0.191 e. The predicted molar refractivity (Wildman–Crippen MR) is 118 cm³/mol. The highest BCUT2D eigenvalue weighted by atomic mass is 16.5. The number of benzene rings is 2. The second-order valence-electron chi connectivity index (χ2n) is 7.36. The Hall–Kier alpha value is -3.35. The molecule has 4 rings (SSSR count). The fourth-order valence-corrected chi connectivity index (χ4v) is 3.51. The highest BCUT2D eigenvalue weighted by molar-refractivity contribution is 5.79. The molecule has 30 heavy (non-hydrogen) atoms. The van der Waals surface area contributed by atoms with E-state index in [0.29, 0.717) is 13.1 Å². The number of nitrogens with one attached hydrogen (secondary N) is 2. The van der Waals surface area contributed by atoms with E-state index in [1.807, 2.05) is 30.3 Å². The third kappa shape index (κ3) is 4.79. The van der Waals surface area contributed by atoms with Crippen molar-refractivity contribution in [2.45, 2.75) is 46.3 Å². The number of guanidine groups is 1. The molecule has 0 spiro atoms. The smallest absolute Gasteiger partial charge is 0.191 e. The number of nitrogens with zero attached hydrogens (tertiary/aromatic N) is 4. The van der Waals surface area contributed by atoms with Gasteiger partial charge in [0.1, 0.15) is 17.3 Å². The van der Waals surface area contributed by atoms with E-state index in [1.165, 1.54) is 0 Å². The standard InChI is InChI=1S/C23H28N6O/c1-3-24-23(26-16-22-28-27-21-10-7-13-29(21)22)25-15-18-12-11-17(2)14-20(18)30-19-8-5-4-6-9-19/h4-6,8-9,11-12,14H,3,7,10,13,15-16H2,1-2H3,(H2,24,25,26). The molecule has 1 aliphatic heterocycles. The monoisotopic (exact) mass is 404 g/mol. The van der Waals surface area contributed by atoms with Gasteiger partial charge in [-0.3, -0.25) is 0 Å². The van der Waals surface area contributed by atoms with Crippen LogP contribution in [-0.4, -0.2) is 27.3 Å². The molecule has 0 fully saturated rings. The van der Waals surface area contributed by atoms with Crippen LogP contribution in [-0.2, 0) is 26.1 Å². The summed E-state index contributed by atoms with van der Waals surface area (Å²) in [6.45, 7) is 7.01. The van der Waals surface area contributed by atoms with Crippen LogP contribution in [0.5, 0.6) is 11.5 Å². The summed E-state index contributed by atoms with van der Waals surface area (Å²) in [5, 5.41) is 15.3. The lowest BCUT2D eigenvalue weighted by molar-refractivity contribution is 0.476. The number of ether oxygens (including phenoxy) is 1. The van der Waals surface area contributed by atoms with Gasteiger partial charge < -0.3 is 19.9 Å². The van der Waals surface area contributed by atoms with Gasteiger partial charge in [0.25, 0.3) is 0 Å². The first-order chi connectivity index (χ1) is 14.7. The van der Waals surface area contributed by atoms with Crippen LogP contribution in [0.4, 0.5) is 0 Å². The Morgan fingerprint density at radius 1 is 1.13 bits per heavy atom. The van der Waals surface area contributed by atoms with Crippen LogP contribution in [0, 0.1) is 6.92 Å². The van der Waals surface area contributed by atoms with Gasteiger partial charge in [0, 0.05) is 25.1 Å². The molecular formula is C23H28N6O. The molecule has 0 aliphatic carbocycles. The normalized spacial score (nSPS) is 13.2. The minimum absolute atomic E-state index is 0.510. The molecule has 2 aromatic carbocycles. The Morgan fingerprint density at radius 2 is 2.00 bits per heavy atom. The van der Waals surface area contributed by atoms with Crippen LogP contribution in [0.2, 0.25) is 0 Å². The second kappa shape index (κ2) is 9.43. The Morgan fingerprint density at radius 3 is 2.83 bits per heavy atom. The number of para-hydroxylation sites is 1. The van der Waals surface area contributed by atoms with Gasteiger partial charge in [-0.2, -0.15) is 0 Å². The molecule has 0 unspecified atom stereocenters. The maximum atomic E-state index is 6.12. The number of rotatable bonds is 7. The molecule has 3 aromatic rings. The predicted octanol–water partition coefficient (Wildman–Crippen LogP) is 3.58. The summed E-state index contributed by atoms with van der Waals surface area (Å²) in [7, 11) is 0. The van der Waals surface area contributed by atoms with Crippen LogP contribution in [0.15, 0.2) is 53.5 Å². The van der Waals surface area contributed by atoms with E-state index in [9.17, 15) is 0 Å². The first-order valence-corrected chi connectivity index (χ1v) is 10.5. The third-order valence-electron chi connectivity index (χ3n) is 5.05. The molecule has 0 radical (unpaired) electrons. The Balaban J connectivity index is 1.47. The molecule has 0 atom stereocenters. The quantitative estimate of drug-likeness (QED) is 0.465. The minimum atomic E-state index is 0.510. The molecule has 0 saturated heterocycles. The lowest BCUT2D eigenvalue weighted by atomic mass is 10.1. The molecule has 0 bridgehead atoms. The fourth-order valence-electron chi connectivity index (χ4n) is 3.51. The van der Waals surface area contributed by atoms with Crippen molar-refractivity contribution >= 4 is 5.96 Å². The maximum absolute atomic E-state index is 6.12. The zero-order valence-corrected chi connectivity index (χ0v) is 17.6. The molecule has 0 amide bonds. The number of fused-ring (bicyclic) bond motifs is 1. The molecular weight excluding hydrogens is 376 g/mol. The summed E-state index contributed by atoms with van der Waals surface area (Å²) in [5.74, 6) is 4.43. The van der Waals surface area contributed by atoms with Gasteiger partial charge in [-0.05, 0) is 44.0 Å². The molecule has 1 aliphatic rings. The first kappa shape index (κ1) is 19.9. The first-order valence-electron chi connectivity index (χ1n) is 10.5. The van der Waals surface area contributed by atoms with Gasteiger partial charge in [-0.25, -0.2) is 4.99 Å². The van der Waals surface area contributed by atoms with E-state index in [0.717, 1.165) is 66.2 Å². The van der Waals surface area contributed by atoms with E-state index < -0.39 is 0 Å². The topological polar surface area (TPSA) is 76.4 Å². The molecule has 2 heterocycles. The van der Waals surface area contributed by atoms with Crippen LogP contribution in [0.25, 0.3) is 0 Å². The van der Waals surface area contributed by atoms with Crippen molar-refractivity contribution in [2.75, 3.05) is 6.54 Å². The van der Waals surface area contributed by atoms with Gasteiger partial charge in [0.2, 0.25) is 0 Å². The van der Waals surface area contributed by atoms with Crippen molar-refractivity contribution in [1.29, 1.82) is 0 Å². The van der Waals surface area contributed by atoms with Crippen LogP contribution >= 0.6 is 0 Å². The molecule has 7 heteroatoms. The lowest BCUT2D eigenvalue weighted by Crippen LogP contribution is -2.37.